The predicted molar refractivity (Wildman–Crippen MR) is 115 cm³/mol. The Morgan fingerprint density at radius 2 is 1.60 bits per heavy atom. The van der Waals surface area contributed by atoms with Gasteiger partial charge < -0.3 is 14.4 Å². The summed E-state index contributed by atoms with van der Waals surface area (Å²) in [5.41, 5.74) is 6.89. The van der Waals surface area contributed by atoms with Crippen LogP contribution in [-0.4, -0.2) is 23.3 Å². The molecule has 30 heavy (non-hydrogen) atoms. The van der Waals surface area contributed by atoms with Gasteiger partial charge in [0.15, 0.2) is 5.76 Å². The number of ether oxygens (including phenoxy) is 1. The molecule has 0 saturated carbocycles. The van der Waals surface area contributed by atoms with E-state index in [0.29, 0.717) is 17.0 Å². The molecule has 0 aliphatic heterocycles. The van der Waals surface area contributed by atoms with Crippen molar-refractivity contribution in [1.29, 1.82) is 0 Å². The van der Waals surface area contributed by atoms with Gasteiger partial charge >= 0.3 is 5.97 Å². The molecular weight excluding hydrogens is 378 g/mol. The lowest BCUT2D eigenvalue weighted by atomic mass is 9.92. The van der Waals surface area contributed by atoms with Gasteiger partial charge in [-0.2, -0.15) is 0 Å². The maximum absolute atomic E-state index is 11.8. The van der Waals surface area contributed by atoms with Gasteiger partial charge in [-0.25, -0.2) is 4.79 Å². The summed E-state index contributed by atoms with van der Waals surface area (Å²) >= 11 is 0. The number of methoxy groups -OCH3 is 1. The number of aromatic nitrogens is 1. The number of carbonyl (C=O) groups excluding carboxylic acids is 1. The Morgan fingerprint density at radius 1 is 0.900 bits per heavy atom. The van der Waals surface area contributed by atoms with Crippen molar-refractivity contribution in [2.75, 3.05) is 7.11 Å². The van der Waals surface area contributed by atoms with Crippen molar-refractivity contribution in [2.24, 2.45) is 0 Å². The topological polar surface area (TPSA) is 72.6 Å². The van der Waals surface area contributed by atoms with Crippen molar-refractivity contribution in [3.8, 4) is 39.5 Å². The van der Waals surface area contributed by atoms with Gasteiger partial charge in [-0.1, -0.05) is 47.6 Å². The number of hydrogen-bond acceptors (Lipinski definition) is 5. The Morgan fingerprint density at radius 3 is 2.33 bits per heavy atom. The number of nitrogens with zero attached hydrogens (tertiary/aromatic N) is 1. The second-order valence-electron chi connectivity index (χ2n) is 7.08. The lowest BCUT2D eigenvalue weighted by Crippen LogP contribution is -2.01. The Balaban J connectivity index is 1.72. The van der Waals surface area contributed by atoms with Gasteiger partial charge in [-0.05, 0) is 54.3 Å². The molecule has 5 heteroatoms. The SMILES string of the molecule is COC(=O)c1cc(-c2cc(-c3ccc(-c4ccccc4)c(C)c3C)on2)ccc1O. The number of esters is 1. The Hall–Kier alpha value is -3.86. The van der Waals surface area contributed by atoms with E-state index in [9.17, 15) is 9.90 Å². The summed E-state index contributed by atoms with van der Waals surface area (Å²) in [7, 11) is 1.27. The van der Waals surface area contributed by atoms with Crippen LogP contribution in [0.2, 0.25) is 0 Å². The molecule has 0 amide bonds. The highest BCUT2D eigenvalue weighted by Gasteiger charge is 2.17. The molecule has 0 radical (unpaired) electrons. The van der Waals surface area contributed by atoms with Gasteiger partial charge in [0.1, 0.15) is 17.0 Å². The molecular formula is C25H21NO4. The summed E-state index contributed by atoms with van der Waals surface area (Å²) in [6.07, 6.45) is 0. The zero-order valence-electron chi connectivity index (χ0n) is 17.0. The van der Waals surface area contributed by atoms with E-state index in [1.54, 1.807) is 12.1 Å². The molecule has 0 aliphatic carbocycles. The summed E-state index contributed by atoms with van der Waals surface area (Å²) < 4.78 is 10.3. The first kappa shape index (κ1) is 19.5. The van der Waals surface area contributed by atoms with Crippen LogP contribution in [0, 0.1) is 13.8 Å². The fraction of sp³-hybridized carbons (Fsp3) is 0.120. The number of phenolic OH excluding ortho intramolecular Hbond substituents is 1. The molecule has 150 valence electrons. The highest BCUT2D eigenvalue weighted by Crippen LogP contribution is 2.35. The molecule has 4 rings (SSSR count). The van der Waals surface area contributed by atoms with Crippen LogP contribution in [0.25, 0.3) is 33.7 Å². The first-order valence-electron chi connectivity index (χ1n) is 9.54. The van der Waals surface area contributed by atoms with E-state index in [4.69, 9.17) is 9.26 Å². The number of phenols is 1. The van der Waals surface area contributed by atoms with E-state index in [0.717, 1.165) is 11.1 Å². The Labute approximate surface area is 174 Å². The predicted octanol–water partition coefficient (Wildman–Crippen LogP) is 5.78. The molecule has 0 spiro atoms. The smallest absolute Gasteiger partial charge is 0.341 e. The van der Waals surface area contributed by atoms with Crippen molar-refractivity contribution in [2.45, 2.75) is 13.8 Å². The van der Waals surface area contributed by atoms with E-state index in [1.165, 1.54) is 29.9 Å². The maximum atomic E-state index is 11.8. The molecule has 0 unspecified atom stereocenters. The van der Waals surface area contributed by atoms with Crippen LogP contribution in [0.5, 0.6) is 5.75 Å². The highest BCUT2D eigenvalue weighted by atomic mass is 16.5. The van der Waals surface area contributed by atoms with Gasteiger partial charge in [0.25, 0.3) is 0 Å². The van der Waals surface area contributed by atoms with Crippen LogP contribution < -0.4 is 0 Å². The average molecular weight is 399 g/mol. The average Bonchev–Trinajstić information content (AvgIpc) is 3.26. The minimum atomic E-state index is -0.610. The van der Waals surface area contributed by atoms with Crippen molar-refractivity contribution >= 4 is 5.97 Å². The number of carbonyl (C=O) groups is 1. The lowest BCUT2D eigenvalue weighted by Gasteiger charge is -2.12. The van der Waals surface area contributed by atoms with E-state index in [-0.39, 0.29) is 11.3 Å². The van der Waals surface area contributed by atoms with Crippen LogP contribution in [0.15, 0.2) is 71.3 Å². The summed E-state index contributed by atoms with van der Waals surface area (Å²) in [5.74, 6) is -0.115. The summed E-state index contributed by atoms with van der Waals surface area (Å²) in [6.45, 7) is 4.16. The minimum absolute atomic E-state index is 0.0822. The zero-order valence-corrected chi connectivity index (χ0v) is 17.0. The zero-order chi connectivity index (χ0) is 21.3. The molecule has 1 aromatic heterocycles. The van der Waals surface area contributed by atoms with Gasteiger partial charge in [0.2, 0.25) is 0 Å². The lowest BCUT2D eigenvalue weighted by molar-refractivity contribution is 0.0597. The van der Waals surface area contributed by atoms with Gasteiger partial charge in [-0.3, -0.25) is 0 Å². The van der Waals surface area contributed by atoms with Gasteiger partial charge in [0.05, 0.1) is 7.11 Å². The van der Waals surface area contributed by atoms with Crippen molar-refractivity contribution in [1.82, 2.24) is 5.16 Å². The normalized spacial score (nSPS) is 10.8. The Kier molecular flexibility index (Phi) is 5.11. The largest absolute Gasteiger partial charge is 0.507 e. The second-order valence-corrected chi connectivity index (χ2v) is 7.08. The molecule has 0 fully saturated rings. The minimum Gasteiger partial charge on any atom is -0.507 e. The molecule has 0 aliphatic rings. The molecule has 0 bridgehead atoms. The fourth-order valence-electron chi connectivity index (χ4n) is 3.53. The third-order valence-electron chi connectivity index (χ3n) is 5.35. The Bertz CT molecular complexity index is 1230. The van der Waals surface area contributed by atoms with Crippen LogP contribution in [-0.2, 0) is 4.74 Å². The van der Waals surface area contributed by atoms with Gasteiger partial charge in [-0.15, -0.1) is 0 Å². The van der Waals surface area contributed by atoms with E-state index < -0.39 is 5.97 Å². The van der Waals surface area contributed by atoms with Crippen LogP contribution in [0.1, 0.15) is 21.5 Å². The molecule has 4 aromatic rings. The first-order chi connectivity index (χ1) is 14.5. The third kappa shape index (κ3) is 3.46. The van der Waals surface area contributed by atoms with Crippen LogP contribution in [0.4, 0.5) is 0 Å². The molecule has 0 saturated heterocycles. The number of benzene rings is 3. The standard InChI is InChI=1S/C25H21NO4/c1-15-16(2)20(11-10-19(15)17-7-5-4-6-8-17)24-14-22(26-30-24)18-9-12-23(27)21(13-18)25(28)29-3/h4-14,27H,1-3H3. The quantitative estimate of drug-likeness (QED) is 0.440. The van der Waals surface area contributed by atoms with Crippen LogP contribution in [0.3, 0.4) is 0 Å². The van der Waals surface area contributed by atoms with E-state index >= 15 is 0 Å². The first-order valence-corrected chi connectivity index (χ1v) is 9.54. The molecule has 5 nitrogen and oxygen atoms in total. The summed E-state index contributed by atoms with van der Waals surface area (Å²) in [5, 5.41) is 14.1. The number of hydrogen-bond donors (Lipinski definition) is 1. The number of rotatable bonds is 4. The van der Waals surface area contributed by atoms with E-state index in [2.05, 4.69) is 37.2 Å². The van der Waals surface area contributed by atoms with Crippen molar-refractivity contribution in [3.63, 3.8) is 0 Å². The molecule has 0 atom stereocenters. The fourth-order valence-corrected chi connectivity index (χ4v) is 3.53. The monoisotopic (exact) mass is 399 g/mol. The molecule has 1 heterocycles. The molecule has 1 N–H and O–H groups in total. The summed E-state index contributed by atoms with van der Waals surface area (Å²) in [4.78, 5) is 11.8. The summed E-state index contributed by atoms with van der Waals surface area (Å²) in [6, 6.07) is 20.9. The third-order valence-corrected chi connectivity index (χ3v) is 5.35. The number of aromatic hydroxyl groups is 1. The van der Waals surface area contributed by atoms with Crippen molar-refractivity contribution in [3.05, 3.63) is 83.4 Å². The second kappa shape index (κ2) is 7.87. The van der Waals surface area contributed by atoms with Crippen LogP contribution >= 0.6 is 0 Å². The molecule has 3 aromatic carbocycles. The maximum Gasteiger partial charge on any atom is 0.341 e. The van der Waals surface area contributed by atoms with Crippen molar-refractivity contribution < 1.29 is 19.2 Å². The highest BCUT2D eigenvalue weighted by molar-refractivity contribution is 5.94. The van der Waals surface area contributed by atoms with Gasteiger partial charge in [0, 0.05) is 17.2 Å². The van der Waals surface area contributed by atoms with E-state index in [1.807, 2.05) is 30.3 Å².